The smallest absolute Gasteiger partial charge is 0.269 e. The SMILES string of the molecule is CNC(C(=O)c1ccccc1)C(OC)c1cccc([N+](=O)[O-])c1.[O-][Cl+3]([O-])([O-])O. The van der Waals surface area contributed by atoms with Crippen molar-refractivity contribution >= 4 is 11.5 Å². The summed E-state index contributed by atoms with van der Waals surface area (Å²) in [6, 6.07) is 14.3. The second-order valence-corrected chi connectivity index (χ2v) is 6.19. The molecule has 0 aliphatic rings. The second-order valence-electron chi connectivity index (χ2n) is 5.40. The Labute approximate surface area is 162 Å². The molecule has 0 radical (unpaired) electrons. The van der Waals surface area contributed by atoms with E-state index in [4.69, 9.17) is 23.4 Å². The largest absolute Gasteiger partial charge is 0.375 e. The molecule has 2 unspecified atom stereocenters. The molecule has 2 aromatic carbocycles. The predicted octanol–water partition coefficient (Wildman–Crippen LogP) is -1.37. The average Bonchev–Trinajstić information content (AvgIpc) is 2.65. The molecule has 0 fully saturated rings. The van der Waals surface area contributed by atoms with Crippen molar-refractivity contribution in [1.29, 1.82) is 0 Å². The van der Waals surface area contributed by atoms with Crippen LogP contribution in [0.2, 0.25) is 0 Å². The third kappa shape index (κ3) is 7.66. The third-order valence-corrected chi connectivity index (χ3v) is 3.62. The fourth-order valence-electron chi connectivity index (χ4n) is 2.48. The summed E-state index contributed by atoms with van der Waals surface area (Å²) in [7, 11) is -1.55. The Balaban J connectivity index is 0.000000696. The number of halogens is 1. The minimum Gasteiger partial charge on any atom is -0.375 e. The molecule has 0 aliphatic carbocycles. The van der Waals surface area contributed by atoms with Gasteiger partial charge in [-0.25, -0.2) is 0 Å². The summed E-state index contributed by atoms with van der Waals surface area (Å²) in [5.74, 6) is -0.133. The number of Topliss-reactive ketones (excluding diaryl/α,β-unsaturated/α-hetero) is 1. The van der Waals surface area contributed by atoms with Gasteiger partial charge in [0.2, 0.25) is 0 Å². The highest BCUT2D eigenvalue weighted by Gasteiger charge is 2.29. The number of non-ortho nitro benzene ring substituents is 1. The van der Waals surface area contributed by atoms with Gasteiger partial charge in [0.05, 0.1) is 19.8 Å². The predicted molar refractivity (Wildman–Crippen MR) is 88.7 cm³/mol. The molecular formula is C17H19ClN2O8. The van der Waals surface area contributed by atoms with E-state index in [2.05, 4.69) is 5.32 Å². The van der Waals surface area contributed by atoms with Crippen LogP contribution >= 0.6 is 0 Å². The van der Waals surface area contributed by atoms with Crippen LogP contribution in [0.3, 0.4) is 0 Å². The van der Waals surface area contributed by atoms with Crippen LogP contribution in [0.5, 0.6) is 0 Å². The van der Waals surface area contributed by atoms with Gasteiger partial charge in [0.1, 0.15) is 12.1 Å². The molecule has 0 aromatic heterocycles. The van der Waals surface area contributed by atoms with Gasteiger partial charge in [-0.05, 0) is 12.6 Å². The number of hydrogen-bond donors (Lipinski definition) is 2. The lowest BCUT2D eigenvalue weighted by Gasteiger charge is -2.25. The van der Waals surface area contributed by atoms with E-state index in [0.29, 0.717) is 11.1 Å². The Morgan fingerprint density at radius 3 is 2.18 bits per heavy atom. The van der Waals surface area contributed by atoms with E-state index < -0.39 is 27.3 Å². The Bertz CT molecular complexity index is 776. The third-order valence-electron chi connectivity index (χ3n) is 3.62. The summed E-state index contributed by atoms with van der Waals surface area (Å²) >= 11 is 0. The van der Waals surface area contributed by atoms with Crippen LogP contribution in [-0.2, 0) is 4.74 Å². The molecular weight excluding hydrogens is 396 g/mol. The molecule has 2 aromatic rings. The first kappa shape index (κ1) is 23.6. The van der Waals surface area contributed by atoms with E-state index in [0.717, 1.165) is 0 Å². The van der Waals surface area contributed by atoms with Gasteiger partial charge >= 0.3 is 0 Å². The van der Waals surface area contributed by atoms with Crippen LogP contribution in [0, 0.1) is 20.4 Å². The van der Waals surface area contributed by atoms with E-state index in [-0.39, 0.29) is 11.5 Å². The number of benzene rings is 2. The molecule has 0 aliphatic heterocycles. The zero-order valence-corrected chi connectivity index (χ0v) is 15.7. The molecule has 2 rings (SSSR count). The first-order valence-electron chi connectivity index (χ1n) is 7.75. The summed E-state index contributed by atoms with van der Waals surface area (Å²) in [5, 5.41) is 13.9. The number of nitrogens with zero attached hydrogens (tertiary/aromatic N) is 1. The number of carbonyl (C=O) groups excluding carboxylic acids is 1. The highest BCUT2D eigenvalue weighted by Crippen LogP contribution is 2.26. The molecule has 0 saturated heterocycles. The molecule has 0 bridgehead atoms. The normalized spacial score (nSPS) is 13.1. The van der Waals surface area contributed by atoms with Crippen molar-refractivity contribution in [3.63, 3.8) is 0 Å². The summed E-state index contributed by atoms with van der Waals surface area (Å²) in [6.07, 6.45) is -0.632. The molecule has 0 amide bonds. The summed E-state index contributed by atoms with van der Waals surface area (Å²) in [4.78, 5) is 23.2. The van der Waals surface area contributed by atoms with Gasteiger partial charge in [-0.3, -0.25) is 14.9 Å². The number of nitro groups is 1. The maximum atomic E-state index is 12.7. The number of ether oxygens (including phenoxy) is 1. The first-order valence-corrected chi connectivity index (χ1v) is 9.01. The fraction of sp³-hybridized carbons (Fsp3) is 0.235. The van der Waals surface area contributed by atoms with Crippen molar-refractivity contribution in [2.24, 2.45) is 0 Å². The zero-order chi connectivity index (χ0) is 21.3. The summed E-state index contributed by atoms with van der Waals surface area (Å²) < 4.78 is 38.2. The van der Waals surface area contributed by atoms with Crippen LogP contribution in [0.25, 0.3) is 0 Å². The number of likely N-dealkylation sites (N-methyl/N-ethyl adjacent to an activating group) is 1. The molecule has 11 heteroatoms. The monoisotopic (exact) mass is 414 g/mol. The van der Waals surface area contributed by atoms with E-state index in [1.807, 2.05) is 6.07 Å². The molecule has 2 N–H and O–H groups in total. The van der Waals surface area contributed by atoms with E-state index in [1.54, 1.807) is 43.4 Å². The van der Waals surface area contributed by atoms with Crippen LogP contribution in [0.15, 0.2) is 54.6 Å². The molecule has 10 nitrogen and oxygen atoms in total. The maximum Gasteiger partial charge on any atom is 0.269 e. The number of methoxy groups -OCH3 is 1. The highest BCUT2D eigenvalue weighted by atomic mass is 35.7. The minimum absolute atomic E-state index is 0.0356. The van der Waals surface area contributed by atoms with Crippen molar-refractivity contribution in [2.75, 3.05) is 14.2 Å². The molecule has 152 valence electrons. The maximum absolute atomic E-state index is 12.7. The fourth-order valence-corrected chi connectivity index (χ4v) is 2.48. The van der Waals surface area contributed by atoms with Crippen LogP contribution in [0.1, 0.15) is 22.0 Å². The quantitative estimate of drug-likeness (QED) is 0.315. The van der Waals surface area contributed by atoms with Gasteiger partial charge < -0.3 is 10.1 Å². The number of rotatable bonds is 7. The number of hydrogen-bond acceptors (Lipinski definition) is 9. The lowest BCUT2D eigenvalue weighted by Crippen LogP contribution is -2.58. The Hall–Kier alpha value is -2.44. The van der Waals surface area contributed by atoms with Gasteiger partial charge in [0.25, 0.3) is 5.69 Å². The van der Waals surface area contributed by atoms with E-state index in [1.165, 1.54) is 19.2 Å². The lowest BCUT2D eigenvalue weighted by molar-refractivity contribution is -1.92. The Morgan fingerprint density at radius 1 is 1.14 bits per heavy atom. The van der Waals surface area contributed by atoms with Crippen molar-refractivity contribution in [2.45, 2.75) is 12.1 Å². The molecule has 0 saturated carbocycles. The molecule has 2 atom stereocenters. The Kier molecular flexibility index (Phi) is 9.09. The van der Waals surface area contributed by atoms with Gasteiger partial charge in [-0.1, -0.05) is 42.5 Å². The molecule has 28 heavy (non-hydrogen) atoms. The highest BCUT2D eigenvalue weighted by molar-refractivity contribution is 6.00. The Morgan fingerprint density at radius 2 is 1.71 bits per heavy atom. The minimum atomic E-state index is -4.69. The number of nitro benzene ring substituents is 1. The second kappa shape index (κ2) is 10.8. The van der Waals surface area contributed by atoms with Crippen LogP contribution in [0.4, 0.5) is 5.69 Å². The van der Waals surface area contributed by atoms with Crippen molar-refractivity contribution < 1.29 is 43.3 Å². The number of nitrogens with one attached hydrogen (secondary N) is 1. The van der Waals surface area contributed by atoms with Gasteiger partial charge in [-0.2, -0.15) is 14.0 Å². The summed E-state index contributed by atoms with van der Waals surface area (Å²) in [5.41, 5.74) is 1.09. The van der Waals surface area contributed by atoms with Gasteiger partial charge in [-0.15, -0.1) is 0 Å². The lowest BCUT2D eigenvalue weighted by atomic mass is 9.94. The van der Waals surface area contributed by atoms with E-state index >= 15 is 0 Å². The van der Waals surface area contributed by atoms with Crippen molar-refractivity contribution in [1.82, 2.24) is 5.32 Å². The van der Waals surface area contributed by atoms with Crippen molar-refractivity contribution in [3.8, 4) is 0 Å². The number of ketones is 1. The average molecular weight is 415 g/mol. The van der Waals surface area contributed by atoms with Gasteiger partial charge in [0, 0.05) is 24.8 Å². The molecule has 0 heterocycles. The van der Waals surface area contributed by atoms with Crippen LogP contribution in [-0.4, -0.2) is 35.6 Å². The zero-order valence-electron chi connectivity index (χ0n) is 15.0. The first-order chi connectivity index (χ1) is 13.1. The molecule has 0 spiro atoms. The van der Waals surface area contributed by atoms with E-state index in [9.17, 15) is 14.9 Å². The number of carbonyl (C=O) groups is 1. The van der Waals surface area contributed by atoms with Crippen molar-refractivity contribution in [3.05, 3.63) is 75.8 Å². The van der Waals surface area contributed by atoms with Crippen LogP contribution < -0.4 is 19.3 Å². The standard InChI is InChI=1S/C17H18N2O4.ClHO4/c1-18-15(16(20)12-7-4-3-5-8-12)17(23-2)13-9-6-10-14(11-13)19(21)22;2-1(3,4)5/h3-11,15,17-18H,1-2H3;(H,2,3,4,5). The summed E-state index contributed by atoms with van der Waals surface area (Å²) in [6.45, 7) is 0. The van der Waals surface area contributed by atoms with Gasteiger partial charge in [0.15, 0.2) is 5.78 Å². The topological polar surface area (TPSA) is 171 Å².